The van der Waals surface area contributed by atoms with Gasteiger partial charge in [-0.3, -0.25) is 19.2 Å². The maximum Gasteiger partial charge on any atom is 0.257 e. The monoisotopic (exact) mass is 608 g/mol. The number of carbonyl (C=O) groups excluding carboxylic acids is 4. The van der Waals surface area contributed by atoms with Gasteiger partial charge in [0.25, 0.3) is 11.8 Å². The van der Waals surface area contributed by atoms with E-state index in [4.69, 9.17) is 9.47 Å². The molecule has 0 aliphatic carbocycles. The first-order valence-electron chi connectivity index (χ1n) is 14.7. The molecule has 0 atom stereocenters. The number of amides is 4. The van der Waals surface area contributed by atoms with E-state index in [0.29, 0.717) is 58.6 Å². The number of hydrogen-bond donors (Lipinski definition) is 4. The van der Waals surface area contributed by atoms with E-state index in [1.165, 1.54) is 0 Å². The Kier molecular flexibility index (Phi) is 11.7. The SMILES string of the molecule is CCOc1ccc(NC(=O)c2ccccc2NC(=O)CCCC(=O)Nc2ccccc2C(=O)Nc2ccc(OCC)cc2)cc1. The summed E-state index contributed by atoms with van der Waals surface area (Å²) >= 11 is 0. The van der Waals surface area contributed by atoms with Crippen molar-refractivity contribution in [2.75, 3.05) is 34.5 Å². The normalized spacial score (nSPS) is 10.4. The van der Waals surface area contributed by atoms with Gasteiger partial charge >= 0.3 is 0 Å². The molecule has 0 radical (unpaired) electrons. The summed E-state index contributed by atoms with van der Waals surface area (Å²) in [7, 11) is 0. The molecule has 0 heterocycles. The lowest BCUT2D eigenvalue weighted by Gasteiger charge is -2.13. The fourth-order valence-corrected chi connectivity index (χ4v) is 4.41. The number of nitrogens with one attached hydrogen (secondary N) is 4. The van der Waals surface area contributed by atoms with E-state index in [9.17, 15) is 19.2 Å². The summed E-state index contributed by atoms with van der Waals surface area (Å²) in [6.45, 7) is 4.87. The molecule has 0 aliphatic heterocycles. The number of anilines is 4. The van der Waals surface area contributed by atoms with Crippen LogP contribution in [0.5, 0.6) is 11.5 Å². The van der Waals surface area contributed by atoms with Gasteiger partial charge < -0.3 is 30.7 Å². The van der Waals surface area contributed by atoms with Crippen LogP contribution >= 0.6 is 0 Å². The summed E-state index contributed by atoms with van der Waals surface area (Å²) in [5.74, 6) is -0.0176. The molecule has 0 spiro atoms. The van der Waals surface area contributed by atoms with E-state index in [-0.39, 0.29) is 42.9 Å². The molecule has 0 saturated heterocycles. The van der Waals surface area contributed by atoms with Crippen LogP contribution in [0.1, 0.15) is 53.8 Å². The Balaban J connectivity index is 1.27. The zero-order valence-corrected chi connectivity index (χ0v) is 25.2. The molecule has 0 aromatic heterocycles. The van der Waals surface area contributed by atoms with Crippen LogP contribution in [-0.4, -0.2) is 36.8 Å². The van der Waals surface area contributed by atoms with Crippen molar-refractivity contribution in [1.29, 1.82) is 0 Å². The van der Waals surface area contributed by atoms with Crippen molar-refractivity contribution in [3.8, 4) is 11.5 Å². The molecule has 4 amide bonds. The van der Waals surface area contributed by atoms with E-state index in [1.807, 2.05) is 13.8 Å². The van der Waals surface area contributed by atoms with E-state index < -0.39 is 0 Å². The molecule has 10 heteroatoms. The Morgan fingerprint density at radius 1 is 0.511 bits per heavy atom. The number of benzene rings is 4. The van der Waals surface area contributed by atoms with Crippen LogP contribution in [0.25, 0.3) is 0 Å². The zero-order valence-electron chi connectivity index (χ0n) is 25.2. The van der Waals surface area contributed by atoms with Gasteiger partial charge in [-0.2, -0.15) is 0 Å². The van der Waals surface area contributed by atoms with E-state index in [0.717, 1.165) is 0 Å². The lowest BCUT2D eigenvalue weighted by Crippen LogP contribution is -2.19. The van der Waals surface area contributed by atoms with Crippen LogP contribution in [0, 0.1) is 0 Å². The smallest absolute Gasteiger partial charge is 0.257 e. The summed E-state index contributed by atoms with van der Waals surface area (Å²) < 4.78 is 10.9. The standard InChI is InChI=1S/C35H36N4O6/c1-3-44-26-20-16-24(17-21-26)36-34(42)28-10-5-7-12-30(28)38-32(40)14-9-15-33(41)39-31-13-8-6-11-29(31)35(43)37-25-18-22-27(23-19-25)45-4-2/h5-8,10-13,16-23H,3-4,9,14-15H2,1-2H3,(H,36,42)(H,37,43)(H,38,40)(H,39,41). The topological polar surface area (TPSA) is 135 Å². The Hall–Kier alpha value is -5.64. The predicted molar refractivity (Wildman–Crippen MR) is 175 cm³/mol. The lowest BCUT2D eigenvalue weighted by atomic mass is 10.1. The van der Waals surface area contributed by atoms with Crippen molar-refractivity contribution >= 4 is 46.4 Å². The first kappa shape index (κ1) is 32.3. The fourth-order valence-electron chi connectivity index (χ4n) is 4.41. The molecule has 232 valence electrons. The quantitative estimate of drug-likeness (QED) is 0.125. The molecule has 4 rings (SSSR count). The second-order valence-corrected chi connectivity index (χ2v) is 9.86. The van der Waals surface area contributed by atoms with Crippen molar-refractivity contribution in [1.82, 2.24) is 0 Å². The van der Waals surface area contributed by atoms with Gasteiger partial charge in [0, 0.05) is 24.2 Å². The number of rotatable bonds is 14. The van der Waals surface area contributed by atoms with Crippen molar-refractivity contribution in [3.05, 3.63) is 108 Å². The Morgan fingerprint density at radius 3 is 1.27 bits per heavy atom. The molecule has 0 saturated carbocycles. The molecule has 4 aromatic carbocycles. The molecule has 4 N–H and O–H groups in total. The largest absolute Gasteiger partial charge is 0.494 e. The first-order chi connectivity index (χ1) is 21.9. The molecule has 45 heavy (non-hydrogen) atoms. The van der Waals surface area contributed by atoms with Crippen molar-refractivity contribution in [3.63, 3.8) is 0 Å². The third-order valence-electron chi connectivity index (χ3n) is 6.55. The average Bonchev–Trinajstić information content (AvgIpc) is 3.03. The second kappa shape index (κ2) is 16.3. The number of carbonyl (C=O) groups is 4. The molecule has 0 unspecified atom stereocenters. The predicted octanol–water partition coefficient (Wildman–Crippen LogP) is 6.74. The van der Waals surface area contributed by atoms with Crippen LogP contribution in [0.15, 0.2) is 97.1 Å². The zero-order chi connectivity index (χ0) is 32.0. The minimum Gasteiger partial charge on any atom is -0.494 e. The third kappa shape index (κ3) is 9.69. The maximum atomic E-state index is 12.9. The molecular weight excluding hydrogens is 572 g/mol. The molecular formula is C35H36N4O6. The first-order valence-corrected chi connectivity index (χ1v) is 14.7. The van der Waals surface area contributed by atoms with Crippen LogP contribution in [0.3, 0.4) is 0 Å². The Bertz CT molecular complexity index is 1500. The van der Waals surface area contributed by atoms with Gasteiger partial charge in [-0.05, 0) is 93.1 Å². The van der Waals surface area contributed by atoms with Gasteiger partial charge in [-0.1, -0.05) is 24.3 Å². The summed E-state index contributed by atoms with van der Waals surface area (Å²) in [6.07, 6.45) is 0.378. The van der Waals surface area contributed by atoms with E-state index in [1.54, 1.807) is 97.1 Å². The Labute approximate surface area is 262 Å². The van der Waals surface area contributed by atoms with Crippen LogP contribution < -0.4 is 30.7 Å². The fraction of sp³-hybridized carbons (Fsp3) is 0.200. The van der Waals surface area contributed by atoms with Gasteiger partial charge in [0.1, 0.15) is 11.5 Å². The van der Waals surface area contributed by atoms with Gasteiger partial charge in [0.15, 0.2) is 0 Å². The van der Waals surface area contributed by atoms with E-state index >= 15 is 0 Å². The minimum atomic E-state index is -0.375. The van der Waals surface area contributed by atoms with Crippen LogP contribution in [0.4, 0.5) is 22.7 Å². The van der Waals surface area contributed by atoms with Crippen molar-refractivity contribution in [2.45, 2.75) is 33.1 Å². The number of ether oxygens (including phenoxy) is 2. The van der Waals surface area contributed by atoms with Gasteiger partial charge in [-0.15, -0.1) is 0 Å². The highest BCUT2D eigenvalue weighted by molar-refractivity contribution is 6.11. The number of hydrogen-bond acceptors (Lipinski definition) is 6. The molecule has 0 aliphatic rings. The highest BCUT2D eigenvalue weighted by Gasteiger charge is 2.16. The van der Waals surface area contributed by atoms with Crippen LogP contribution in [-0.2, 0) is 9.59 Å². The molecule has 0 fully saturated rings. The lowest BCUT2D eigenvalue weighted by molar-refractivity contribution is -0.117. The van der Waals surface area contributed by atoms with Gasteiger partial charge in [-0.25, -0.2) is 0 Å². The van der Waals surface area contributed by atoms with Crippen LogP contribution in [0.2, 0.25) is 0 Å². The second-order valence-electron chi connectivity index (χ2n) is 9.86. The molecule has 4 aromatic rings. The average molecular weight is 609 g/mol. The summed E-state index contributed by atoms with van der Waals surface area (Å²) in [6, 6.07) is 27.4. The summed E-state index contributed by atoms with van der Waals surface area (Å²) in [4.78, 5) is 51.3. The third-order valence-corrected chi connectivity index (χ3v) is 6.55. The van der Waals surface area contributed by atoms with E-state index in [2.05, 4.69) is 21.3 Å². The molecule has 10 nitrogen and oxygen atoms in total. The summed E-state index contributed by atoms with van der Waals surface area (Å²) in [5, 5.41) is 11.2. The summed E-state index contributed by atoms with van der Waals surface area (Å²) in [5.41, 5.74) is 2.51. The molecule has 0 bridgehead atoms. The number of para-hydroxylation sites is 2. The van der Waals surface area contributed by atoms with Crippen molar-refractivity contribution in [2.24, 2.45) is 0 Å². The maximum absolute atomic E-state index is 12.9. The Morgan fingerprint density at radius 2 is 0.889 bits per heavy atom. The van der Waals surface area contributed by atoms with Gasteiger partial charge in [0.05, 0.1) is 35.7 Å². The van der Waals surface area contributed by atoms with Crippen molar-refractivity contribution < 1.29 is 28.7 Å². The minimum absolute atomic E-state index is 0.0577. The highest BCUT2D eigenvalue weighted by atomic mass is 16.5. The van der Waals surface area contributed by atoms with Gasteiger partial charge in [0.2, 0.25) is 11.8 Å². The highest BCUT2D eigenvalue weighted by Crippen LogP contribution is 2.22.